The smallest absolute Gasteiger partial charge is 0.344 e. The highest BCUT2D eigenvalue weighted by Gasteiger charge is 2.45. The molecule has 2 aromatic heterocycles. The standard InChI is InChI=1S/C23H22O13/c1-30-9-4-7-12-13-8(22(29)35-19(12)17(9)31-2)5-10(18(32-3)20(13)36-21(7)28)33-23-16(27)15(26)14(25)11(6-24)34-23/h4-5,11,14-16,23-27H,6H2,1-3H3/t11-,14-,15+,16-,23+/m1/s1. The molecule has 5 rings (SSSR count). The lowest BCUT2D eigenvalue weighted by Gasteiger charge is -2.39. The minimum Gasteiger partial charge on any atom is -0.493 e. The van der Waals surface area contributed by atoms with Crippen LogP contribution in [0.25, 0.3) is 32.7 Å². The molecule has 1 aliphatic heterocycles. The third kappa shape index (κ3) is 3.36. The van der Waals surface area contributed by atoms with E-state index in [0.29, 0.717) is 0 Å². The fourth-order valence-electron chi connectivity index (χ4n) is 4.46. The van der Waals surface area contributed by atoms with Crippen LogP contribution in [-0.4, -0.2) is 79.1 Å². The van der Waals surface area contributed by atoms with Crippen LogP contribution in [0.4, 0.5) is 0 Å². The zero-order valence-electron chi connectivity index (χ0n) is 19.2. The molecule has 0 amide bonds. The number of rotatable bonds is 6. The van der Waals surface area contributed by atoms with Crippen LogP contribution in [0.5, 0.6) is 23.0 Å². The first-order valence-electron chi connectivity index (χ1n) is 10.7. The zero-order chi connectivity index (χ0) is 25.9. The van der Waals surface area contributed by atoms with Crippen molar-refractivity contribution >= 4 is 32.7 Å². The van der Waals surface area contributed by atoms with Crippen molar-refractivity contribution in [2.45, 2.75) is 30.7 Å². The SMILES string of the molecule is COc1cc2c(=O)oc3c(OC)c(O[C@H]4O[C@H](CO)[C@@H](O)[C@H](O)[C@H]4O)cc4c(=O)oc(c1OC)c2c34. The lowest BCUT2D eigenvalue weighted by Crippen LogP contribution is -2.60. The molecule has 1 aliphatic rings. The summed E-state index contributed by atoms with van der Waals surface area (Å²) in [7, 11) is 3.98. The molecule has 4 aromatic rings. The molecule has 192 valence electrons. The molecule has 5 atom stereocenters. The first-order valence-corrected chi connectivity index (χ1v) is 10.7. The van der Waals surface area contributed by atoms with Gasteiger partial charge < -0.3 is 52.9 Å². The average molecular weight is 506 g/mol. The first-order chi connectivity index (χ1) is 17.2. The van der Waals surface area contributed by atoms with Crippen molar-refractivity contribution in [3.63, 3.8) is 0 Å². The fourth-order valence-corrected chi connectivity index (χ4v) is 4.46. The number of ether oxygens (including phenoxy) is 5. The minimum atomic E-state index is -1.74. The van der Waals surface area contributed by atoms with Gasteiger partial charge in [0.15, 0.2) is 22.7 Å². The van der Waals surface area contributed by atoms with Crippen molar-refractivity contribution in [1.29, 1.82) is 0 Å². The highest BCUT2D eigenvalue weighted by molar-refractivity contribution is 6.22. The molecule has 13 nitrogen and oxygen atoms in total. The van der Waals surface area contributed by atoms with Crippen LogP contribution in [0.1, 0.15) is 0 Å². The Morgan fingerprint density at radius 1 is 0.778 bits per heavy atom. The third-order valence-corrected chi connectivity index (χ3v) is 6.20. The summed E-state index contributed by atoms with van der Waals surface area (Å²) in [4.78, 5) is 26.0. The Labute approximate surface area is 200 Å². The summed E-state index contributed by atoms with van der Waals surface area (Å²) in [6.07, 6.45) is -7.88. The summed E-state index contributed by atoms with van der Waals surface area (Å²) in [5.74, 6) is -0.0817. The van der Waals surface area contributed by atoms with Crippen molar-refractivity contribution in [3.05, 3.63) is 33.0 Å². The van der Waals surface area contributed by atoms with E-state index in [9.17, 15) is 30.0 Å². The molecule has 4 N–H and O–H groups in total. The number of hydrogen-bond acceptors (Lipinski definition) is 13. The van der Waals surface area contributed by atoms with E-state index in [1.807, 2.05) is 0 Å². The van der Waals surface area contributed by atoms with Gasteiger partial charge in [0.2, 0.25) is 17.8 Å². The largest absolute Gasteiger partial charge is 0.493 e. The van der Waals surface area contributed by atoms with Gasteiger partial charge in [0, 0.05) is 10.8 Å². The molecular formula is C23H22O13. The highest BCUT2D eigenvalue weighted by atomic mass is 16.7. The molecule has 0 aliphatic carbocycles. The summed E-state index contributed by atoms with van der Waals surface area (Å²) >= 11 is 0. The number of aliphatic hydroxyl groups excluding tert-OH is 4. The lowest BCUT2D eigenvalue weighted by molar-refractivity contribution is -0.277. The van der Waals surface area contributed by atoms with Gasteiger partial charge >= 0.3 is 11.3 Å². The Hall–Kier alpha value is -3.62. The molecule has 36 heavy (non-hydrogen) atoms. The van der Waals surface area contributed by atoms with Crippen molar-refractivity contribution < 1.29 is 52.9 Å². The summed E-state index contributed by atoms with van der Waals surface area (Å²) in [5.41, 5.74) is -1.83. The summed E-state index contributed by atoms with van der Waals surface area (Å²) in [6, 6.07) is 2.64. The third-order valence-electron chi connectivity index (χ3n) is 6.20. The first kappa shape index (κ1) is 24.1. The predicted molar refractivity (Wildman–Crippen MR) is 121 cm³/mol. The summed E-state index contributed by atoms with van der Waals surface area (Å²) in [6.45, 7) is -0.674. The quantitative estimate of drug-likeness (QED) is 0.197. The lowest BCUT2D eigenvalue weighted by atomic mass is 9.99. The van der Waals surface area contributed by atoms with Crippen molar-refractivity contribution in [3.8, 4) is 23.0 Å². The van der Waals surface area contributed by atoms with Crippen LogP contribution in [0, 0.1) is 0 Å². The van der Waals surface area contributed by atoms with E-state index in [1.54, 1.807) is 0 Å². The average Bonchev–Trinajstić information content (AvgIpc) is 2.87. The van der Waals surface area contributed by atoms with Gasteiger partial charge in [0.05, 0.1) is 38.7 Å². The van der Waals surface area contributed by atoms with E-state index in [-0.39, 0.29) is 55.7 Å². The minimum absolute atomic E-state index is 0.0353. The molecule has 0 saturated carbocycles. The van der Waals surface area contributed by atoms with E-state index >= 15 is 0 Å². The molecule has 0 bridgehead atoms. The predicted octanol–water partition coefficient (Wildman–Crippen LogP) is -0.305. The van der Waals surface area contributed by atoms with Crippen molar-refractivity contribution in [1.82, 2.24) is 0 Å². The molecule has 1 fully saturated rings. The monoisotopic (exact) mass is 506 g/mol. The van der Waals surface area contributed by atoms with Crippen LogP contribution in [0.2, 0.25) is 0 Å². The second-order valence-electron chi connectivity index (χ2n) is 8.12. The molecule has 1 saturated heterocycles. The van der Waals surface area contributed by atoms with Crippen LogP contribution in [-0.2, 0) is 4.74 Å². The van der Waals surface area contributed by atoms with Crippen LogP contribution in [0.3, 0.4) is 0 Å². The van der Waals surface area contributed by atoms with E-state index in [2.05, 4.69) is 0 Å². The Morgan fingerprint density at radius 3 is 1.81 bits per heavy atom. The maximum atomic E-state index is 13.0. The number of benzene rings is 2. The fraction of sp³-hybridized carbons (Fsp3) is 0.391. The summed E-state index contributed by atoms with van der Waals surface area (Å²) < 4.78 is 38.2. The van der Waals surface area contributed by atoms with Gasteiger partial charge in [-0.15, -0.1) is 0 Å². The molecule has 0 unspecified atom stereocenters. The van der Waals surface area contributed by atoms with Gasteiger partial charge in [-0.2, -0.15) is 0 Å². The number of aliphatic hydroxyl groups is 4. The van der Waals surface area contributed by atoms with Crippen LogP contribution in [0.15, 0.2) is 30.6 Å². The van der Waals surface area contributed by atoms with E-state index in [0.717, 1.165) is 0 Å². The maximum absolute atomic E-state index is 13.0. The van der Waals surface area contributed by atoms with Gasteiger partial charge in [-0.05, 0) is 12.1 Å². The van der Waals surface area contributed by atoms with Crippen LogP contribution >= 0.6 is 0 Å². The Kier molecular flexibility index (Phi) is 5.89. The molecule has 0 radical (unpaired) electrons. The highest BCUT2D eigenvalue weighted by Crippen LogP contribution is 2.46. The summed E-state index contributed by atoms with van der Waals surface area (Å²) in [5, 5.41) is 40.3. The van der Waals surface area contributed by atoms with Gasteiger partial charge in [-0.3, -0.25) is 0 Å². The zero-order valence-corrected chi connectivity index (χ0v) is 19.2. The molecule has 3 heterocycles. The normalized spacial score (nSPS) is 24.5. The molecule has 0 spiro atoms. The van der Waals surface area contributed by atoms with E-state index < -0.39 is 48.6 Å². The topological polar surface area (TPSA) is 187 Å². The van der Waals surface area contributed by atoms with E-state index in [1.165, 1.54) is 33.5 Å². The van der Waals surface area contributed by atoms with Gasteiger partial charge in [-0.1, -0.05) is 0 Å². The van der Waals surface area contributed by atoms with Crippen molar-refractivity contribution in [2.75, 3.05) is 27.9 Å². The van der Waals surface area contributed by atoms with E-state index in [4.69, 9.17) is 32.5 Å². The van der Waals surface area contributed by atoms with Gasteiger partial charge in [-0.25, -0.2) is 9.59 Å². The van der Waals surface area contributed by atoms with Gasteiger partial charge in [0.1, 0.15) is 24.4 Å². The molecular weight excluding hydrogens is 484 g/mol. The number of hydrogen-bond donors (Lipinski definition) is 4. The Balaban J connectivity index is 1.78. The second kappa shape index (κ2) is 8.80. The Morgan fingerprint density at radius 2 is 1.31 bits per heavy atom. The molecule has 2 aromatic carbocycles. The van der Waals surface area contributed by atoms with Crippen LogP contribution < -0.4 is 30.2 Å². The Bertz CT molecular complexity index is 1550. The van der Waals surface area contributed by atoms with Gasteiger partial charge in [0.25, 0.3) is 0 Å². The second-order valence-corrected chi connectivity index (χ2v) is 8.12. The number of methoxy groups -OCH3 is 3. The van der Waals surface area contributed by atoms with Crippen molar-refractivity contribution in [2.24, 2.45) is 0 Å². The maximum Gasteiger partial charge on any atom is 0.344 e. The molecule has 13 heteroatoms.